The van der Waals surface area contributed by atoms with Gasteiger partial charge in [0.2, 0.25) is 0 Å². The Morgan fingerprint density at radius 1 is 1.47 bits per heavy atom. The predicted molar refractivity (Wildman–Crippen MR) is 68.1 cm³/mol. The van der Waals surface area contributed by atoms with Gasteiger partial charge < -0.3 is 0 Å². The molecule has 2 rings (SSSR count). The lowest BCUT2D eigenvalue weighted by atomic mass is 10.4. The van der Waals surface area contributed by atoms with Crippen LogP contribution in [-0.2, 0) is 16.6 Å². The van der Waals surface area contributed by atoms with Crippen LogP contribution >= 0.6 is 27.3 Å². The van der Waals surface area contributed by atoms with E-state index in [0.717, 1.165) is 8.66 Å². The van der Waals surface area contributed by atoms with Gasteiger partial charge in [0.05, 0.1) is 8.66 Å². The van der Waals surface area contributed by atoms with Gasteiger partial charge in [-0.05, 0) is 35.0 Å². The quantitative estimate of drug-likeness (QED) is 0.917. The Kier molecular flexibility index (Phi) is 3.34. The number of primary sulfonamides is 1. The summed E-state index contributed by atoms with van der Waals surface area (Å²) in [5.41, 5.74) is 0. The van der Waals surface area contributed by atoms with Crippen molar-refractivity contribution in [3.05, 3.63) is 15.9 Å². The SMILES string of the molecule is CCn1c(-c2ccc(Br)s2)nnc1S(N)(=O)=O. The molecule has 0 saturated carbocycles. The number of hydrogen-bond acceptors (Lipinski definition) is 5. The monoisotopic (exact) mass is 336 g/mol. The van der Waals surface area contributed by atoms with Crippen LogP contribution in [0.5, 0.6) is 0 Å². The van der Waals surface area contributed by atoms with Crippen LogP contribution in [0.4, 0.5) is 0 Å². The van der Waals surface area contributed by atoms with Gasteiger partial charge in [0.1, 0.15) is 0 Å². The lowest BCUT2D eigenvalue weighted by Crippen LogP contribution is -2.18. The second-order valence-corrected chi connectivity index (χ2v) is 7.12. The third kappa shape index (κ3) is 2.41. The Balaban J connectivity index is 2.61. The molecule has 0 amide bonds. The highest BCUT2D eigenvalue weighted by Crippen LogP contribution is 2.30. The molecule has 0 radical (unpaired) electrons. The molecule has 2 aromatic heterocycles. The number of nitrogens with two attached hydrogens (primary N) is 1. The van der Waals surface area contributed by atoms with E-state index in [9.17, 15) is 8.42 Å². The molecule has 0 spiro atoms. The molecule has 17 heavy (non-hydrogen) atoms. The minimum absolute atomic E-state index is 0.209. The van der Waals surface area contributed by atoms with Gasteiger partial charge in [0, 0.05) is 6.54 Å². The highest BCUT2D eigenvalue weighted by atomic mass is 79.9. The fourth-order valence-electron chi connectivity index (χ4n) is 1.40. The zero-order valence-corrected chi connectivity index (χ0v) is 12.0. The molecule has 2 aromatic rings. The first kappa shape index (κ1) is 12.7. The first-order valence-electron chi connectivity index (χ1n) is 4.65. The molecule has 0 fully saturated rings. The van der Waals surface area contributed by atoms with Crippen molar-refractivity contribution < 1.29 is 8.42 Å². The molecule has 0 atom stereocenters. The summed E-state index contributed by atoms with van der Waals surface area (Å²) in [5, 5.41) is 12.4. The summed E-state index contributed by atoms with van der Waals surface area (Å²) in [4.78, 5) is 0.834. The molecule has 0 aliphatic carbocycles. The zero-order chi connectivity index (χ0) is 12.6. The molecule has 92 valence electrons. The summed E-state index contributed by atoms with van der Waals surface area (Å²) in [6.07, 6.45) is 0. The summed E-state index contributed by atoms with van der Waals surface area (Å²) < 4.78 is 25.0. The van der Waals surface area contributed by atoms with Crippen molar-refractivity contribution >= 4 is 37.3 Å². The summed E-state index contributed by atoms with van der Waals surface area (Å²) in [6, 6.07) is 3.71. The first-order chi connectivity index (χ1) is 7.93. The smallest absolute Gasteiger partial charge is 0.273 e. The Labute approximate surface area is 111 Å². The molecule has 2 N–H and O–H groups in total. The fraction of sp³-hybridized carbons (Fsp3) is 0.250. The van der Waals surface area contributed by atoms with E-state index in [0.29, 0.717) is 12.4 Å². The Morgan fingerprint density at radius 2 is 2.18 bits per heavy atom. The maximum absolute atomic E-state index is 11.3. The van der Waals surface area contributed by atoms with Gasteiger partial charge in [-0.15, -0.1) is 21.5 Å². The molecule has 6 nitrogen and oxygen atoms in total. The van der Waals surface area contributed by atoms with Crippen LogP contribution in [0.1, 0.15) is 6.92 Å². The highest BCUT2D eigenvalue weighted by Gasteiger charge is 2.21. The lowest BCUT2D eigenvalue weighted by Gasteiger charge is -2.03. The molecule has 0 saturated heterocycles. The number of sulfonamides is 1. The van der Waals surface area contributed by atoms with Crippen LogP contribution in [0.15, 0.2) is 21.1 Å². The van der Waals surface area contributed by atoms with Crippen LogP contribution in [-0.4, -0.2) is 23.2 Å². The van der Waals surface area contributed by atoms with Crippen molar-refractivity contribution in [2.45, 2.75) is 18.6 Å². The Morgan fingerprint density at radius 3 is 2.65 bits per heavy atom. The Bertz CT molecular complexity index is 646. The zero-order valence-electron chi connectivity index (χ0n) is 8.79. The standard InChI is InChI=1S/C8H9BrN4O2S2/c1-2-13-7(5-3-4-6(9)16-5)11-12-8(13)17(10,14)15/h3-4H,2H2,1H3,(H2,10,14,15). The molecule has 0 bridgehead atoms. The van der Waals surface area contributed by atoms with E-state index in [2.05, 4.69) is 26.1 Å². The van der Waals surface area contributed by atoms with Crippen LogP contribution in [0.3, 0.4) is 0 Å². The van der Waals surface area contributed by atoms with Crippen molar-refractivity contribution in [1.29, 1.82) is 0 Å². The van der Waals surface area contributed by atoms with E-state index in [1.807, 2.05) is 19.1 Å². The van der Waals surface area contributed by atoms with Gasteiger partial charge in [0.25, 0.3) is 15.2 Å². The largest absolute Gasteiger partial charge is 0.296 e. The molecule has 0 aliphatic heterocycles. The maximum Gasteiger partial charge on any atom is 0.273 e. The number of halogens is 1. The number of nitrogens with zero attached hydrogens (tertiary/aromatic N) is 3. The average Bonchev–Trinajstić information content (AvgIpc) is 2.81. The van der Waals surface area contributed by atoms with Crippen LogP contribution in [0.2, 0.25) is 0 Å². The molecule has 0 aromatic carbocycles. The Hall–Kier alpha value is -0.770. The van der Waals surface area contributed by atoms with Crippen molar-refractivity contribution in [2.24, 2.45) is 5.14 Å². The normalized spacial score (nSPS) is 11.9. The fourth-order valence-corrected chi connectivity index (χ4v) is 3.46. The van der Waals surface area contributed by atoms with E-state index < -0.39 is 10.0 Å². The summed E-state index contributed by atoms with van der Waals surface area (Å²) in [6.45, 7) is 2.24. The van der Waals surface area contributed by atoms with Crippen molar-refractivity contribution in [3.8, 4) is 10.7 Å². The molecule has 0 aliphatic rings. The van der Waals surface area contributed by atoms with Crippen molar-refractivity contribution in [3.63, 3.8) is 0 Å². The van der Waals surface area contributed by atoms with E-state index in [1.54, 1.807) is 0 Å². The maximum atomic E-state index is 11.3. The van der Waals surface area contributed by atoms with E-state index in [-0.39, 0.29) is 5.16 Å². The van der Waals surface area contributed by atoms with Gasteiger partial charge in [-0.25, -0.2) is 13.6 Å². The second-order valence-electron chi connectivity index (χ2n) is 3.20. The van der Waals surface area contributed by atoms with Gasteiger partial charge in [-0.1, -0.05) is 0 Å². The molecule has 9 heteroatoms. The number of aromatic nitrogens is 3. The highest BCUT2D eigenvalue weighted by molar-refractivity contribution is 9.11. The minimum Gasteiger partial charge on any atom is -0.296 e. The van der Waals surface area contributed by atoms with Crippen LogP contribution in [0.25, 0.3) is 10.7 Å². The predicted octanol–water partition coefficient (Wildman–Crippen LogP) is 1.44. The number of rotatable bonds is 3. The van der Waals surface area contributed by atoms with Gasteiger partial charge in [-0.3, -0.25) is 4.57 Å². The average molecular weight is 337 g/mol. The van der Waals surface area contributed by atoms with Crippen molar-refractivity contribution in [1.82, 2.24) is 14.8 Å². The van der Waals surface area contributed by atoms with Gasteiger partial charge >= 0.3 is 0 Å². The van der Waals surface area contributed by atoms with Crippen LogP contribution in [0, 0.1) is 0 Å². The third-order valence-electron chi connectivity index (χ3n) is 2.08. The number of thiophene rings is 1. The molecular weight excluding hydrogens is 328 g/mol. The molecule has 0 unspecified atom stereocenters. The molecule has 2 heterocycles. The van der Waals surface area contributed by atoms with Crippen molar-refractivity contribution in [2.75, 3.05) is 0 Å². The lowest BCUT2D eigenvalue weighted by molar-refractivity contribution is 0.571. The van der Waals surface area contributed by atoms with Gasteiger partial charge in [-0.2, -0.15) is 0 Å². The number of hydrogen-bond donors (Lipinski definition) is 1. The summed E-state index contributed by atoms with van der Waals surface area (Å²) in [7, 11) is -3.84. The molecular formula is C8H9BrN4O2S2. The second kappa shape index (κ2) is 4.48. The van der Waals surface area contributed by atoms with E-state index in [4.69, 9.17) is 5.14 Å². The first-order valence-corrected chi connectivity index (χ1v) is 7.80. The van der Waals surface area contributed by atoms with E-state index >= 15 is 0 Å². The topological polar surface area (TPSA) is 90.9 Å². The summed E-state index contributed by atoms with van der Waals surface area (Å²) in [5.74, 6) is 0.507. The minimum atomic E-state index is -3.84. The van der Waals surface area contributed by atoms with E-state index in [1.165, 1.54) is 15.9 Å². The third-order valence-corrected chi connectivity index (χ3v) is 4.51. The van der Waals surface area contributed by atoms with Crippen LogP contribution < -0.4 is 5.14 Å². The van der Waals surface area contributed by atoms with Gasteiger partial charge in [0.15, 0.2) is 5.82 Å². The summed E-state index contributed by atoms with van der Waals surface area (Å²) >= 11 is 4.79.